The van der Waals surface area contributed by atoms with Crippen LogP contribution in [0.25, 0.3) is 0 Å². The van der Waals surface area contributed by atoms with Crippen LogP contribution in [0.5, 0.6) is 0 Å². The van der Waals surface area contributed by atoms with Crippen LogP contribution in [0.3, 0.4) is 0 Å². The zero-order chi connectivity index (χ0) is 15.4. The van der Waals surface area contributed by atoms with Gasteiger partial charge < -0.3 is 10.4 Å². The molecule has 22 heavy (non-hydrogen) atoms. The predicted molar refractivity (Wildman–Crippen MR) is 86.5 cm³/mol. The Hall–Kier alpha value is -1.81. The lowest BCUT2D eigenvalue weighted by atomic mass is 10.2. The van der Waals surface area contributed by atoms with E-state index in [4.69, 9.17) is 5.11 Å². The molecular weight excluding hydrogens is 340 g/mol. The third-order valence-corrected chi connectivity index (χ3v) is 5.46. The van der Waals surface area contributed by atoms with Gasteiger partial charge in [0, 0.05) is 5.56 Å². The van der Waals surface area contributed by atoms with E-state index in [1.54, 1.807) is 18.3 Å². The molecule has 0 bridgehead atoms. The van der Waals surface area contributed by atoms with Crippen molar-refractivity contribution in [1.82, 2.24) is 15.2 Å². The van der Waals surface area contributed by atoms with E-state index in [9.17, 15) is 4.79 Å². The first-order chi connectivity index (χ1) is 10.7. The summed E-state index contributed by atoms with van der Waals surface area (Å²) in [6, 6.07) is 9.00. The van der Waals surface area contributed by atoms with Crippen LogP contribution >= 0.6 is 34.4 Å². The molecule has 112 valence electrons. The summed E-state index contributed by atoms with van der Waals surface area (Å²) >= 11 is 4.04. The Morgan fingerprint density at radius 1 is 1.18 bits per heavy atom. The SMILES string of the molecule is O=C(Nc1cnc(Sc2nnc(CO)s2)s1)c1ccccc1. The number of nitrogens with zero attached hydrogens (tertiary/aromatic N) is 3. The van der Waals surface area contributed by atoms with E-state index in [2.05, 4.69) is 20.5 Å². The van der Waals surface area contributed by atoms with E-state index in [0.29, 0.717) is 19.9 Å². The van der Waals surface area contributed by atoms with Crippen molar-refractivity contribution in [1.29, 1.82) is 0 Å². The molecule has 2 aromatic heterocycles. The van der Waals surface area contributed by atoms with E-state index in [0.717, 1.165) is 4.34 Å². The fraction of sp³-hybridized carbons (Fsp3) is 0.0769. The second-order valence-electron chi connectivity index (χ2n) is 4.03. The highest BCUT2D eigenvalue weighted by Gasteiger charge is 2.11. The molecule has 6 nitrogen and oxygen atoms in total. The second-order valence-corrected chi connectivity index (χ2v) is 7.62. The second kappa shape index (κ2) is 6.97. The first-order valence-corrected chi connectivity index (χ1v) is 8.63. The van der Waals surface area contributed by atoms with E-state index in [1.807, 2.05) is 18.2 Å². The maximum Gasteiger partial charge on any atom is 0.256 e. The van der Waals surface area contributed by atoms with Gasteiger partial charge in [-0.3, -0.25) is 4.79 Å². The molecule has 3 aromatic rings. The Labute approximate surface area is 138 Å². The van der Waals surface area contributed by atoms with Gasteiger partial charge in [-0.05, 0) is 23.9 Å². The van der Waals surface area contributed by atoms with Crippen LogP contribution in [0.1, 0.15) is 15.4 Å². The highest BCUT2D eigenvalue weighted by molar-refractivity contribution is 8.02. The quantitative estimate of drug-likeness (QED) is 0.736. The Morgan fingerprint density at radius 2 is 2.00 bits per heavy atom. The molecule has 0 unspecified atom stereocenters. The van der Waals surface area contributed by atoms with Gasteiger partial charge in [0.2, 0.25) is 0 Å². The first kappa shape index (κ1) is 15.1. The number of aromatic nitrogens is 3. The monoisotopic (exact) mass is 350 g/mol. The third kappa shape index (κ3) is 3.69. The summed E-state index contributed by atoms with van der Waals surface area (Å²) in [5.41, 5.74) is 0.599. The van der Waals surface area contributed by atoms with Gasteiger partial charge in [-0.25, -0.2) is 4.98 Å². The minimum atomic E-state index is -0.167. The summed E-state index contributed by atoms with van der Waals surface area (Å²) in [6.45, 7) is -0.117. The number of nitrogens with one attached hydrogen (secondary N) is 1. The van der Waals surface area contributed by atoms with Crippen LogP contribution in [-0.4, -0.2) is 26.2 Å². The standard InChI is InChI=1S/C13H10N4O2S3/c18-7-10-16-17-13(21-10)22-12-14-6-9(20-12)15-11(19)8-4-2-1-3-5-8/h1-6,18H,7H2,(H,15,19). The summed E-state index contributed by atoms with van der Waals surface area (Å²) in [5.74, 6) is -0.167. The Bertz CT molecular complexity index is 772. The van der Waals surface area contributed by atoms with Crippen molar-refractivity contribution in [2.45, 2.75) is 15.3 Å². The number of benzene rings is 1. The van der Waals surface area contributed by atoms with Crippen molar-refractivity contribution < 1.29 is 9.90 Å². The molecule has 0 aliphatic heterocycles. The summed E-state index contributed by atoms with van der Waals surface area (Å²) < 4.78 is 1.46. The van der Waals surface area contributed by atoms with Crippen LogP contribution in [0.15, 0.2) is 45.2 Å². The molecule has 0 aliphatic carbocycles. The molecule has 0 radical (unpaired) electrons. The highest BCUT2D eigenvalue weighted by atomic mass is 32.2. The number of carbonyl (C=O) groups is 1. The number of aliphatic hydroxyl groups is 1. The number of hydrogen-bond acceptors (Lipinski definition) is 8. The van der Waals surface area contributed by atoms with Gasteiger partial charge in [0.25, 0.3) is 5.91 Å². The number of carbonyl (C=O) groups excluding carboxylic acids is 1. The minimum absolute atomic E-state index is 0.117. The Kier molecular flexibility index (Phi) is 4.78. The molecule has 0 atom stereocenters. The number of aliphatic hydroxyl groups excluding tert-OH is 1. The van der Waals surface area contributed by atoms with Gasteiger partial charge in [0.1, 0.15) is 10.0 Å². The van der Waals surface area contributed by atoms with Crippen LogP contribution in [0.4, 0.5) is 5.00 Å². The van der Waals surface area contributed by atoms with Crippen LogP contribution in [-0.2, 0) is 6.61 Å². The van der Waals surface area contributed by atoms with Crippen molar-refractivity contribution >= 4 is 45.3 Å². The maximum absolute atomic E-state index is 12.0. The zero-order valence-corrected chi connectivity index (χ0v) is 13.5. The van der Waals surface area contributed by atoms with Gasteiger partial charge in [-0.15, -0.1) is 10.2 Å². The van der Waals surface area contributed by atoms with Crippen LogP contribution < -0.4 is 5.32 Å². The van der Waals surface area contributed by atoms with E-state index < -0.39 is 0 Å². The third-order valence-electron chi connectivity index (χ3n) is 2.52. The molecule has 0 aliphatic rings. The van der Waals surface area contributed by atoms with E-state index >= 15 is 0 Å². The van der Waals surface area contributed by atoms with Gasteiger partial charge in [-0.1, -0.05) is 40.9 Å². The Morgan fingerprint density at radius 3 is 2.73 bits per heavy atom. The smallest absolute Gasteiger partial charge is 0.256 e. The summed E-state index contributed by atoms with van der Waals surface area (Å²) in [4.78, 5) is 16.3. The Balaban J connectivity index is 1.65. The van der Waals surface area contributed by atoms with Crippen molar-refractivity contribution in [3.8, 4) is 0 Å². The lowest BCUT2D eigenvalue weighted by Gasteiger charge is -2.00. The average molecular weight is 350 g/mol. The number of amides is 1. The maximum atomic E-state index is 12.0. The van der Waals surface area contributed by atoms with Crippen molar-refractivity contribution in [3.05, 3.63) is 47.1 Å². The minimum Gasteiger partial charge on any atom is -0.389 e. The van der Waals surface area contributed by atoms with Gasteiger partial charge in [0.05, 0.1) is 12.8 Å². The molecule has 1 amide bonds. The first-order valence-electron chi connectivity index (χ1n) is 6.18. The molecule has 0 spiro atoms. The van der Waals surface area contributed by atoms with Gasteiger partial charge >= 0.3 is 0 Å². The molecule has 0 fully saturated rings. The fourth-order valence-corrected chi connectivity index (χ4v) is 4.39. The molecular formula is C13H10N4O2S3. The van der Waals surface area contributed by atoms with Gasteiger partial charge in [0.15, 0.2) is 8.68 Å². The molecule has 1 aromatic carbocycles. The number of thiazole rings is 1. The molecule has 2 N–H and O–H groups in total. The fourth-order valence-electron chi connectivity index (χ4n) is 1.55. The van der Waals surface area contributed by atoms with E-state index in [1.165, 1.54) is 34.4 Å². The largest absolute Gasteiger partial charge is 0.389 e. The van der Waals surface area contributed by atoms with Crippen LogP contribution in [0, 0.1) is 0 Å². The highest BCUT2D eigenvalue weighted by Crippen LogP contribution is 2.34. The molecule has 9 heteroatoms. The van der Waals surface area contributed by atoms with Crippen molar-refractivity contribution in [2.24, 2.45) is 0 Å². The summed E-state index contributed by atoms with van der Waals surface area (Å²) in [5, 5.41) is 20.8. The van der Waals surface area contributed by atoms with Crippen LogP contribution in [0.2, 0.25) is 0 Å². The number of rotatable bonds is 5. The lowest BCUT2D eigenvalue weighted by Crippen LogP contribution is -2.10. The summed E-state index contributed by atoms with van der Waals surface area (Å²) in [6.07, 6.45) is 1.61. The van der Waals surface area contributed by atoms with Crippen molar-refractivity contribution in [2.75, 3.05) is 5.32 Å². The normalized spacial score (nSPS) is 10.6. The predicted octanol–water partition coefficient (Wildman–Crippen LogP) is 2.89. The number of hydrogen-bond donors (Lipinski definition) is 2. The molecule has 0 saturated heterocycles. The lowest BCUT2D eigenvalue weighted by molar-refractivity contribution is 0.102. The topological polar surface area (TPSA) is 88.0 Å². The van der Waals surface area contributed by atoms with E-state index in [-0.39, 0.29) is 12.5 Å². The molecule has 2 heterocycles. The molecule has 3 rings (SSSR count). The molecule has 0 saturated carbocycles. The van der Waals surface area contributed by atoms with Gasteiger partial charge in [-0.2, -0.15) is 0 Å². The average Bonchev–Trinajstić information content (AvgIpc) is 3.18. The van der Waals surface area contributed by atoms with Crippen molar-refractivity contribution in [3.63, 3.8) is 0 Å². The zero-order valence-electron chi connectivity index (χ0n) is 11.1. The number of anilines is 1. The summed E-state index contributed by atoms with van der Waals surface area (Å²) in [7, 11) is 0.